The lowest BCUT2D eigenvalue weighted by Crippen LogP contribution is -2.12. The number of nitrogens with one attached hydrogen (secondary N) is 1. The van der Waals surface area contributed by atoms with Crippen LogP contribution in [0, 0.1) is 10.1 Å². The lowest BCUT2D eigenvalue weighted by molar-refractivity contribution is -0.385. The predicted octanol–water partition coefficient (Wildman–Crippen LogP) is 1.63. The first kappa shape index (κ1) is 14.0. The van der Waals surface area contributed by atoms with Gasteiger partial charge >= 0.3 is 5.69 Å². The van der Waals surface area contributed by atoms with Crippen LogP contribution in [0.1, 0.15) is 11.1 Å². The Balaban J connectivity index is 1.99. The Morgan fingerprint density at radius 3 is 2.75 bits per heavy atom. The fraction of sp³-hybridized carbons (Fsp3) is 0.308. The summed E-state index contributed by atoms with van der Waals surface area (Å²) in [5.74, 6) is 0.269. The van der Waals surface area contributed by atoms with E-state index in [9.17, 15) is 10.1 Å². The second kappa shape index (κ2) is 6.16. The molecule has 0 bridgehead atoms. The summed E-state index contributed by atoms with van der Waals surface area (Å²) in [6.45, 7) is 1.20. The number of methoxy groups -OCH3 is 1. The van der Waals surface area contributed by atoms with Crippen molar-refractivity contribution >= 4 is 5.69 Å². The molecule has 0 radical (unpaired) electrons. The van der Waals surface area contributed by atoms with Gasteiger partial charge in [-0.15, -0.1) is 0 Å². The topological polar surface area (TPSA) is 82.2 Å². The Hall–Kier alpha value is -2.41. The van der Waals surface area contributed by atoms with Gasteiger partial charge in [0.1, 0.15) is 0 Å². The van der Waals surface area contributed by atoms with Gasteiger partial charge in [0.25, 0.3) is 0 Å². The van der Waals surface area contributed by atoms with Crippen molar-refractivity contribution in [2.24, 2.45) is 7.05 Å². The molecule has 0 amide bonds. The molecular formula is C13H16N4O3. The van der Waals surface area contributed by atoms with Gasteiger partial charge in [-0.3, -0.25) is 14.8 Å². The molecule has 20 heavy (non-hydrogen) atoms. The van der Waals surface area contributed by atoms with E-state index in [-0.39, 0.29) is 11.4 Å². The Bertz CT molecular complexity index is 609. The number of hydrogen-bond donors (Lipinski definition) is 1. The summed E-state index contributed by atoms with van der Waals surface area (Å²) in [6.07, 6.45) is 3.70. The normalized spacial score (nSPS) is 10.5. The van der Waals surface area contributed by atoms with E-state index < -0.39 is 4.92 Å². The van der Waals surface area contributed by atoms with Crippen LogP contribution in [0.15, 0.2) is 30.6 Å². The molecule has 1 aromatic heterocycles. The van der Waals surface area contributed by atoms with E-state index in [2.05, 4.69) is 10.4 Å². The third kappa shape index (κ3) is 3.33. The van der Waals surface area contributed by atoms with Crippen LogP contribution in [0.5, 0.6) is 5.75 Å². The SMILES string of the molecule is COc1ccc(CNCc2cnn(C)c2)cc1[N+](=O)[O-]. The number of nitro groups is 1. The second-order valence-electron chi connectivity index (χ2n) is 4.39. The van der Waals surface area contributed by atoms with Gasteiger partial charge in [0.15, 0.2) is 5.75 Å². The van der Waals surface area contributed by atoms with Gasteiger partial charge in [-0.2, -0.15) is 5.10 Å². The van der Waals surface area contributed by atoms with Crippen molar-refractivity contribution in [1.82, 2.24) is 15.1 Å². The maximum absolute atomic E-state index is 10.9. The smallest absolute Gasteiger partial charge is 0.311 e. The van der Waals surface area contributed by atoms with E-state index in [1.54, 1.807) is 16.9 Å². The zero-order valence-corrected chi connectivity index (χ0v) is 11.4. The van der Waals surface area contributed by atoms with E-state index in [0.717, 1.165) is 11.1 Å². The summed E-state index contributed by atoms with van der Waals surface area (Å²) in [4.78, 5) is 10.5. The monoisotopic (exact) mass is 276 g/mol. The van der Waals surface area contributed by atoms with Crippen molar-refractivity contribution in [3.63, 3.8) is 0 Å². The first-order chi connectivity index (χ1) is 9.60. The molecule has 0 spiro atoms. The fourth-order valence-corrected chi connectivity index (χ4v) is 1.90. The Morgan fingerprint density at radius 2 is 2.15 bits per heavy atom. The average molecular weight is 276 g/mol. The van der Waals surface area contributed by atoms with Crippen LogP contribution in [0.2, 0.25) is 0 Å². The highest BCUT2D eigenvalue weighted by Crippen LogP contribution is 2.27. The summed E-state index contributed by atoms with van der Waals surface area (Å²) < 4.78 is 6.70. The average Bonchev–Trinajstić information content (AvgIpc) is 2.84. The highest BCUT2D eigenvalue weighted by Gasteiger charge is 2.14. The highest BCUT2D eigenvalue weighted by molar-refractivity contribution is 5.48. The number of ether oxygens (including phenoxy) is 1. The standard InChI is InChI=1S/C13H16N4O3/c1-16-9-11(8-15-16)7-14-6-10-3-4-13(20-2)12(5-10)17(18)19/h3-5,8-9,14H,6-7H2,1-2H3. The lowest BCUT2D eigenvalue weighted by atomic mass is 10.2. The Morgan fingerprint density at radius 1 is 1.40 bits per heavy atom. The van der Waals surface area contributed by atoms with Crippen LogP contribution in [0.4, 0.5) is 5.69 Å². The minimum absolute atomic E-state index is 0.0202. The minimum Gasteiger partial charge on any atom is -0.490 e. The molecule has 2 rings (SSSR count). The van der Waals surface area contributed by atoms with E-state index in [0.29, 0.717) is 13.1 Å². The van der Waals surface area contributed by atoms with Crippen molar-refractivity contribution in [3.8, 4) is 5.75 Å². The molecule has 0 aliphatic rings. The number of rotatable bonds is 6. The van der Waals surface area contributed by atoms with E-state index in [1.807, 2.05) is 19.3 Å². The first-order valence-corrected chi connectivity index (χ1v) is 6.09. The van der Waals surface area contributed by atoms with Crippen LogP contribution >= 0.6 is 0 Å². The Kier molecular flexibility index (Phi) is 4.31. The van der Waals surface area contributed by atoms with E-state index in [4.69, 9.17) is 4.74 Å². The molecule has 1 N–H and O–H groups in total. The van der Waals surface area contributed by atoms with Gasteiger partial charge in [0.05, 0.1) is 18.2 Å². The van der Waals surface area contributed by atoms with Crippen LogP contribution in [-0.2, 0) is 20.1 Å². The number of benzene rings is 1. The molecule has 106 valence electrons. The van der Waals surface area contributed by atoms with E-state index in [1.165, 1.54) is 13.2 Å². The molecule has 7 heteroatoms. The largest absolute Gasteiger partial charge is 0.490 e. The molecule has 0 saturated carbocycles. The van der Waals surface area contributed by atoms with Crippen molar-refractivity contribution in [2.75, 3.05) is 7.11 Å². The number of aromatic nitrogens is 2. The van der Waals surface area contributed by atoms with Crippen molar-refractivity contribution in [3.05, 3.63) is 51.8 Å². The maximum Gasteiger partial charge on any atom is 0.311 e. The summed E-state index contributed by atoms with van der Waals surface area (Å²) >= 11 is 0. The third-order valence-corrected chi connectivity index (χ3v) is 2.86. The molecule has 0 aliphatic carbocycles. The highest BCUT2D eigenvalue weighted by atomic mass is 16.6. The van der Waals surface area contributed by atoms with Gasteiger partial charge < -0.3 is 10.1 Å². The second-order valence-corrected chi connectivity index (χ2v) is 4.39. The number of nitro benzene ring substituents is 1. The summed E-state index contributed by atoms with van der Waals surface area (Å²) in [5, 5.41) is 18.2. The molecule has 0 saturated heterocycles. The molecule has 1 heterocycles. The first-order valence-electron chi connectivity index (χ1n) is 6.09. The van der Waals surface area contributed by atoms with Gasteiger partial charge in [-0.05, 0) is 11.6 Å². The molecule has 0 fully saturated rings. The van der Waals surface area contributed by atoms with Crippen LogP contribution in [0.3, 0.4) is 0 Å². The molecule has 0 aliphatic heterocycles. The van der Waals surface area contributed by atoms with Gasteiger partial charge in [0, 0.05) is 38.0 Å². The number of aryl methyl sites for hydroxylation is 1. The van der Waals surface area contributed by atoms with Crippen molar-refractivity contribution in [2.45, 2.75) is 13.1 Å². The summed E-state index contributed by atoms with van der Waals surface area (Å²) in [5.41, 5.74) is 1.88. The van der Waals surface area contributed by atoms with Crippen molar-refractivity contribution in [1.29, 1.82) is 0 Å². The molecule has 0 unspecified atom stereocenters. The lowest BCUT2D eigenvalue weighted by Gasteiger charge is -2.06. The van der Waals surface area contributed by atoms with Crippen molar-refractivity contribution < 1.29 is 9.66 Å². The quantitative estimate of drug-likeness (QED) is 0.640. The Labute approximate surface area is 116 Å². The summed E-state index contributed by atoms with van der Waals surface area (Å²) in [6, 6.07) is 4.94. The van der Waals surface area contributed by atoms with Crippen LogP contribution in [0.25, 0.3) is 0 Å². The molecular weight excluding hydrogens is 260 g/mol. The fourth-order valence-electron chi connectivity index (χ4n) is 1.90. The summed E-state index contributed by atoms with van der Waals surface area (Å²) in [7, 11) is 3.28. The number of nitrogens with zero attached hydrogens (tertiary/aromatic N) is 3. The van der Waals surface area contributed by atoms with Crippen LogP contribution in [-0.4, -0.2) is 21.8 Å². The number of hydrogen-bond acceptors (Lipinski definition) is 5. The zero-order valence-electron chi connectivity index (χ0n) is 11.4. The van der Waals surface area contributed by atoms with Gasteiger partial charge in [-0.1, -0.05) is 6.07 Å². The predicted molar refractivity (Wildman–Crippen MR) is 73.4 cm³/mol. The van der Waals surface area contributed by atoms with Gasteiger partial charge in [0.2, 0.25) is 0 Å². The van der Waals surface area contributed by atoms with E-state index >= 15 is 0 Å². The van der Waals surface area contributed by atoms with Crippen LogP contribution < -0.4 is 10.1 Å². The van der Waals surface area contributed by atoms with Gasteiger partial charge in [-0.25, -0.2) is 0 Å². The third-order valence-electron chi connectivity index (χ3n) is 2.86. The molecule has 0 atom stereocenters. The molecule has 2 aromatic rings. The molecule has 7 nitrogen and oxygen atoms in total. The minimum atomic E-state index is -0.441. The maximum atomic E-state index is 10.9. The molecule has 1 aromatic carbocycles. The zero-order chi connectivity index (χ0) is 14.5.